The van der Waals surface area contributed by atoms with Crippen molar-refractivity contribution in [1.82, 2.24) is 10.0 Å². The SMILES string of the molecule is CCCCc1ccc(CC(=O)NCCNS(=O)(=O)c2ccc(OC)cc2)cc1. The Balaban J connectivity index is 1.74. The maximum Gasteiger partial charge on any atom is 0.240 e. The molecule has 0 aliphatic rings. The molecule has 2 rings (SSSR count). The highest BCUT2D eigenvalue weighted by atomic mass is 32.2. The lowest BCUT2D eigenvalue weighted by Gasteiger charge is -2.09. The fourth-order valence-corrected chi connectivity index (χ4v) is 3.71. The summed E-state index contributed by atoms with van der Waals surface area (Å²) in [6, 6.07) is 14.2. The molecular weight excluding hydrogens is 376 g/mol. The highest BCUT2D eigenvalue weighted by molar-refractivity contribution is 7.89. The zero-order valence-corrected chi connectivity index (χ0v) is 17.2. The van der Waals surface area contributed by atoms with Gasteiger partial charge in [-0.1, -0.05) is 37.6 Å². The molecule has 6 nitrogen and oxygen atoms in total. The highest BCUT2D eigenvalue weighted by Crippen LogP contribution is 2.15. The molecule has 7 heteroatoms. The smallest absolute Gasteiger partial charge is 0.240 e. The van der Waals surface area contributed by atoms with Crippen LogP contribution in [0.5, 0.6) is 5.75 Å². The van der Waals surface area contributed by atoms with Gasteiger partial charge in [-0.2, -0.15) is 0 Å². The molecule has 1 amide bonds. The minimum atomic E-state index is -3.61. The van der Waals surface area contributed by atoms with Crippen molar-refractivity contribution < 1.29 is 17.9 Å². The third-order valence-corrected chi connectivity index (χ3v) is 5.79. The van der Waals surface area contributed by atoms with Gasteiger partial charge in [0.05, 0.1) is 18.4 Å². The van der Waals surface area contributed by atoms with E-state index in [1.165, 1.54) is 24.8 Å². The monoisotopic (exact) mass is 404 g/mol. The van der Waals surface area contributed by atoms with E-state index in [0.29, 0.717) is 5.75 Å². The third kappa shape index (κ3) is 6.98. The first-order valence-electron chi connectivity index (χ1n) is 9.43. The summed E-state index contributed by atoms with van der Waals surface area (Å²) in [7, 11) is -2.09. The van der Waals surface area contributed by atoms with Gasteiger partial charge >= 0.3 is 0 Å². The van der Waals surface area contributed by atoms with Crippen molar-refractivity contribution in [3.63, 3.8) is 0 Å². The Bertz CT molecular complexity index is 847. The number of hydrogen-bond acceptors (Lipinski definition) is 4. The number of benzene rings is 2. The second-order valence-corrected chi connectivity index (χ2v) is 8.29. The fraction of sp³-hybridized carbons (Fsp3) is 0.381. The molecule has 28 heavy (non-hydrogen) atoms. The van der Waals surface area contributed by atoms with Crippen molar-refractivity contribution in [2.24, 2.45) is 0 Å². The van der Waals surface area contributed by atoms with Crippen LogP contribution in [0.15, 0.2) is 53.4 Å². The standard InChI is InChI=1S/C21H28N2O4S/c1-3-4-5-17-6-8-18(9-7-17)16-21(24)22-14-15-23-28(25,26)20-12-10-19(27-2)11-13-20/h6-13,23H,3-5,14-16H2,1-2H3,(H,22,24). The van der Waals surface area contributed by atoms with E-state index in [-0.39, 0.29) is 30.3 Å². The number of methoxy groups -OCH3 is 1. The molecule has 0 aliphatic carbocycles. The second kappa shape index (κ2) is 10.8. The van der Waals surface area contributed by atoms with Crippen LogP contribution in [0.25, 0.3) is 0 Å². The normalized spacial score (nSPS) is 11.2. The first-order valence-corrected chi connectivity index (χ1v) is 10.9. The van der Waals surface area contributed by atoms with Crippen LogP contribution in [0.3, 0.4) is 0 Å². The fourth-order valence-electron chi connectivity index (χ4n) is 2.68. The van der Waals surface area contributed by atoms with Gasteiger partial charge in [-0.25, -0.2) is 13.1 Å². The number of carbonyl (C=O) groups is 1. The van der Waals surface area contributed by atoms with Gasteiger partial charge in [0.25, 0.3) is 0 Å². The van der Waals surface area contributed by atoms with Gasteiger partial charge < -0.3 is 10.1 Å². The number of aryl methyl sites for hydroxylation is 1. The van der Waals surface area contributed by atoms with Crippen molar-refractivity contribution in [2.45, 2.75) is 37.5 Å². The van der Waals surface area contributed by atoms with Crippen LogP contribution in [0.1, 0.15) is 30.9 Å². The van der Waals surface area contributed by atoms with Gasteiger partial charge in [-0.05, 0) is 48.2 Å². The Kier molecular flexibility index (Phi) is 8.47. The molecule has 0 unspecified atom stereocenters. The first-order chi connectivity index (χ1) is 13.4. The Morgan fingerprint density at radius 2 is 1.61 bits per heavy atom. The van der Waals surface area contributed by atoms with Crippen LogP contribution in [0.2, 0.25) is 0 Å². The molecule has 0 atom stereocenters. The number of rotatable bonds is 11. The zero-order chi connectivity index (χ0) is 20.4. The maximum atomic E-state index is 12.2. The lowest BCUT2D eigenvalue weighted by atomic mass is 10.0. The molecule has 0 spiro atoms. The minimum absolute atomic E-state index is 0.121. The van der Waals surface area contributed by atoms with Crippen LogP contribution in [-0.4, -0.2) is 34.5 Å². The van der Waals surface area contributed by atoms with Gasteiger partial charge in [-0.15, -0.1) is 0 Å². The maximum absolute atomic E-state index is 12.2. The van der Waals surface area contributed by atoms with Crippen LogP contribution in [0, 0.1) is 0 Å². The molecule has 0 bridgehead atoms. The third-order valence-electron chi connectivity index (χ3n) is 4.32. The minimum Gasteiger partial charge on any atom is -0.497 e. The molecule has 152 valence electrons. The molecule has 0 radical (unpaired) electrons. The summed E-state index contributed by atoms with van der Waals surface area (Å²) in [6.07, 6.45) is 3.65. The Hall–Kier alpha value is -2.38. The van der Waals surface area contributed by atoms with Gasteiger partial charge in [0.1, 0.15) is 5.75 Å². The summed E-state index contributed by atoms with van der Waals surface area (Å²) in [5.41, 5.74) is 2.22. The van der Waals surface area contributed by atoms with Crippen LogP contribution >= 0.6 is 0 Å². The lowest BCUT2D eigenvalue weighted by Crippen LogP contribution is -2.35. The number of amides is 1. The zero-order valence-electron chi connectivity index (χ0n) is 16.4. The number of carbonyl (C=O) groups excluding carboxylic acids is 1. The van der Waals surface area contributed by atoms with Crippen molar-refractivity contribution >= 4 is 15.9 Å². The Labute approximate surface area is 167 Å². The van der Waals surface area contributed by atoms with E-state index < -0.39 is 10.0 Å². The van der Waals surface area contributed by atoms with Crippen molar-refractivity contribution in [1.29, 1.82) is 0 Å². The van der Waals surface area contributed by atoms with Gasteiger partial charge in [-0.3, -0.25) is 4.79 Å². The summed E-state index contributed by atoms with van der Waals surface area (Å²) in [5, 5.41) is 2.74. The Morgan fingerprint density at radius 1 is 0.964 bits per heavy atom. The predicted octanol–water partition coefficient (Wildman–Crippen LogP) is 2.68. The van der Waals surface area contributed by atoms with E-state index in [1.54, 1.807) is 12.1 Å². The molecule has 0 saturated carbocycles. The Morgan fingerprint density at radius 3 is 2.21 bits per heavy atom. The predicted molar refractivity (Wildman–Crippen MR) is 110 cm³/mol. The van der Waals surface area contributed by atoms with Gasteiger partial charge in [0.2, 0.25) is 15.9 Å². The van der Waals surface area contributed by atoms with E-state index >= 15 is 0 Å². The molecular formula is C21H28N2O4S. The summed E-state index contributed by atoms with van der Waals surface area (Å²) in [6.45, 7) is 2.51. The number of ether oxygens (including phenoxy) is 1. The van der Waals surface area contributed by atoms with Crippen molar-refractivity contribution in [3.8, 4) is 5.75 Å². The summed E-state index contributed by atoms with van der Waals surface area (Å²) >= 11 is 0. The highest BCUT2D eigenvalue weighted by Gasteiger charge is 2.13. The molecule has 0 aliphatic heterocycles. The molecule has 2 N–H and O–H groups in total. The van der Waals surface area contributed by atoms with E-state index in [4.69, 9.17) is 4.74 Å². The largest absolute Gasteiger partial charge is 0.497 e. The van der Waals surface area contributed by atoms with Crippen LogP contribution in [0.4, 0.5) is 0 Å². The lowest BCUT2D eigenvalue weighted by molar-refractivity contribution is -0.120. The number of sulfonamides is 1. The van der Waals surface area contributed by atoms with Gasteiger partial charge in [0, 0.05) is 13.1 Å². The van der Waals surface area contributed by atoms with Crippen molar-refractivity contribution in [3.05, 3.63) is 59.7 Å². The van der Waals surface area contributed by atoms with E-state index in [1.807, 2.05) is 12.1 Å². The number of unbranched alkanes of at least 4 members (excludes halogenated alkanes) is 1. The average Bonchev–Trinajstić information content (AvgIpc) is 2.71. The molecule has 0 saturated heterocycles. The topological polar surface area (TPSA) is 84.5 Å². The molecule has 2 aromatic rings. The molecule has 2 aromatic carbocycles. The molecule has 0 fully saturated rings. The summed E-state index contributed by atoms with van der Waals surface area (Å²) < 4.78 is 31.9. The molecule has 0 heterocycles. The first kappa shape index (κ1) is 21.9. The number of hydrogen-bond donors (Lipinski definition) is 2. The van der Waals surface area contributed by atoms with Crippen LogP contribution < -0.4 is 14.8 Å². The van der Waals surface area contributed by atoms with Crippen LogP contribution in [-0.2, 0) is 27.7 Å². The molecule has 0 aromatic heterocycles. The van der Waals surface area contributed by atoms with Crippen molar-refractivity contribution in [2.75, 3.05) is 20.2 Å². The average molecular weight is 405 g/mol. The van der Waals surface area contributed by atoms with E-state index in [0.717, 1.165) is 24.8 Å². The second-order valence-electron chi connectivity index (χ2n) is 6.52. The van der Waals surface area contributed by atoms with E-state index in [9.17, 15) is 13.2 Å². The summed E-state index contributed by atoms with van der Waals surface area (Å²) in [4.78, 5) is 12.2. The summed E-state index contributed by atoms with van der Waals surface area (Å²) in [5.74, 6) is 0.453. The quantitative estimate of drug-likeness (QED) is 0.564. The van der Waals surface area contributed by atoms with Gasteiger partial charge in [0.15, 0.2) is 0 Å². The number of nitrogens with one attached hydrogen (secondary N) is 2. The van der Waals surface area contributed by atoms with E-state index in [2.05, 4.69) is 29.1 Å².